The van der Waals surface area contributed by atoms with Crippen molar-refractivity contribution in [2.75, 3.05) is 5.32 Å². The number of aromatic hydroxyl groups is 1. The Kier molecular flexibility index (Phi) is 4.32. The van der Waals surface area contributed by atoms with Crippen LogP contribution in [-0.2, 0) is 11.2 Å². The van der Waals surface area contributed by atoms with E-state index in [1.807, 2.05) is 13.0 Å². The summed E-state index contributed by atoms with van der Waals surface area (Å²) in [6.07, 6.45) is 2.08. The lowest BCUT2D eigenvalue weighted by molar-refractivity contribution is -0.117. The Hall–Kier alpha value is -2.40. The molecule has 1 aromatic carbocycles. The molecule has 0 spiro atoms. The Bertz CT molecular complexity index is 579. The number of nitrogens with two attached hydrogens (primary N) is 1. The Labute approximate surface area is 117 Å². The molecule has 104 valence electrons. The van der Waals surface area contributed by atoms with Gasteiger partial charge < -0.3 is 16.2 Å². The number of aromatic nitrogens is 1. The minimum Gasteiger partial charge on any atom is -0.508 e. The van der Waals surface area contributed by atoms with Crippen LogP contribution in [0.15, 0.2) is 42.6 Å². The van der Waals surface area contributed by atoms with E-state index in [1.54, 1.807) is 36.5 Å². The number of hydrogen-bond donors (Lipinski definition) is 3. The molecule has 1 aromatic heterocycles. The monoisotopic (exact) mass is 271 g/mol. The van der Waals surface area contributed by atoms with Gasteiger partial charge >= 0.3 is 0 Å². The van der Waals surface area contributed by atoms with Crippen molar-refractivity contribution >= 4 is 11.7 Å². The van der Waals surface area contributed by atoms with Crippen molar-refractivity contribution in [3.63, 3.8) is 0 Å². The first-order chi connectivity index (χ1) is 9.54. The molecule has 2 aromatic rings. The summed E-state index contributed by atoms with van der Waals surface area (Å²) in [6.45, 7) is 1.93. The van der Waals surface area contributed by atoms with Crippen LogP contribution in [0.25, 0.3) is 0 Å². The zero-order chi connectivity index (χ0) is 14.5. The highest BCUT2D eigenvalue weighted by Gasteiger charge is 2.14. The fourth-order valence-corrected chi connectivity index (χ4v) is 1.74. The van der Waals surface area contributed by atoms with Crippen molar-refractivity contribution in [2.24, 2.45) is 5.73 Å². The van der Waals surface area contributed by atoms with Crippen LogP contribution in [0.1, 0.15) is 11.1 Å². The quantitative estimate of drug-likeness (QED) is 0.788. The Morgan fingerprint density at radius 3 is 2.60 bits per heavy atom. The Morgan fingerprint density at radius 2 is 2.00 bits per heavy atom. The van der Waals surface area contributed by atoms with Crippen LogP contribution >= 0.6 is 0 Å². The van der Waals surface area contributed by atoms with E-state index in [9.17, 15) is 9.90 Å². The normalized spacial score (nSPS) is 11.9. The standard InChI is InChI=1S/C15H17N3O2/c1-10-2-7-14(17-9-10)18-15(20)13(16)8-11-3-5-12(19)6-4-11/h2-7,9,13,19H,8,16H2,1H3,(H,17,18,20)/t13-/m1/s1. The number of pyridine rings is 1. The van der Waals surface area contributed by atoms with E-state index in [2.05, 4.69) is 10.3 Å². The summed E-state index contributed by atoms with van der Waals surface area (Å²) in [6, 6.07) is 9.57. The first kappa shape index (κ1) is 14.0. The molecule has 0 fully saturated rings. The van der Waals surface area contributed by atoms with E-state index in [4.69, 9.17) is 5.73 Å². The summed E-state index contributed by atoms with van der Waals surface area (Å²) >= 11 is 0. The van der Waals surface area contributed by atoms with Gasteiger partial charge in [0.15, 0.2) is 0 Å². The predicted octanol–water partition coefficient (Wildman–Crippen LogP) is 1.60. The lowest BCUT2D eigenvalue weighted by atomic mass is 10.1. The molecule has 0 aliphatic rings. The van der Waals surface area contributed by atoms with Crippen molar-refractivity contribution in [1.29, 1.82) is 0 Å². The number of phenolic OH excluding ortho intramolecular Hbond substituents is 1. The van der Waals surface area contributed by atoms with E-state index in [0.717, 1.165) is 11.1 Å². The maximum absolute atomic E-state index is 11.9. The van der Waals surface area contributed by atoms with Gasteiger partial charge in [-0.15, -0.1) is 0 Å². The van der Waals surface area contributed by atoms with E-state index in [0.29, 0.717) is 12.2 Å². The lowest BCUT2D eigenvalue weighted by Gasteiger charge is -2.12. The summed E-state index contributed by atoms with van der Waals surface area (Å²) in [7, 11) is 0. The average Bonchev–Trinajstić information content (AvgIpc) is 2.44. The molecule has 0 bridgehead atoms. The molecule has 5 nitrogen and oxygen atoms in total. The number of carbonyl (C=O) groups excluding carboxylic acids is 1. The van der Waals surface area contributed by atoms with Gasteiger partial charge in [-0.05, 0) is 42.7 Å². The summed E-state index contributed by atoms with van der Waals surface area (Å²) in [5.41, 5.74) is 7.78. The maximum Gasteiger partial charge on any atom is 0.242 e. The van der Waals surface area contributed by atoms with E-state index in [1.165, 1.54) is 0 Å². The highest BCUT2D eigenvalue weighted by molar-refractivity contribution is 5.94. The summed E-state index contributed by atoms with van der Waals surface area (Å²) in [5, 5.41) is 11.9. The minimum atomic E-state index is -0.664. The molecule has 1 heterocycles. The Balaban J connectivity index is 1.94. The van der Waals surface area contributed by atoms with Crippen LogP contribution in [-0.4, -0.2) is 22.0 Å². The van der Waals surface area contributed by atoms with Crippen LogP contribution in [0.2, 0.25) is 0 Å². The number of amides is 1. The van der Waals surface area contributed by atoms with Gasteiger partial charge in [0.1, 0.15) is 11.6 Å². The molecule has 5 heteroatoms. The van der Waals surface area contributed by atoms with Crippen molar-refractivity contribution < 1.29 is 9.90 Å². The zero-order valence-electron chi connectivity index (χ0n) is 11.2. The molecule has 0 aliphatic carbocycles. The third kappa shape index (κ3) is 3.80. The van der Waals surface area contributed by atoms with Crippen molar-refractivity contribution in [2.45, 2.75) is 19.4 Å². The third-order valence-corrected chi connectivity index (χ3v) is 2.89. The molecule has 1 amide bonds. The first-order valence-electron chi connectivity index (χ1n) is 6.31. The van der Waals surface area contributed by atoms with Crippen molar-refractivity contribution in [3.8, 4) is 5.75 Å². The largest absolute Gasteiger partial charge is 0.508 e. The smallest absolute Gasteiger partial charge is 0.242 e. The number of rotatable bonds is 4. The van der Waals surface area contributed by atoms with Gasteiger partial charge in [-0.1, -0.05) is 18.2 Å². The fourth-order valence-electron chi connectivity index (χ4n) is 1.74. The second-order valence-electron chi connectivity index (χ2n) is 4.69. The lowest BCUT2D eigenvalue weighted by Crippen LogP contribution is -2.37. The van der Waals surface area contributed by atoms with Crippen molar-refractivity contribution in [3.05, 3.63) is 53.7 Å². The molecule has 4 N–H and O–H groups in total. The highest BCUT2D eigenvalue weighted by atomic mass is 16.3. The van der Waals surface area contributed by atoms with Gasteiger partial charge in [0.05, 0.1) is 6.04 Å². The maximum atomic E-state index is 11.9. The number of phenols is 1. The topological polar surface area (TPSA) is 88.2 Å². The number of aryl methyl sites for hydroxylation is 1. The van der Waals surface area contributed by atoms with Gasteiger partial charge in [-0.2, -0.15) is 0 Å². The van der Waals surface area contributed by atoms with Gasteiger partial charge in [0.25, 0.3) is 0 Å². The van der Waals surface area contributed by atoms with Crippen molar-refractivity contribution in [1.82, 2.24) is 4.98 Å². The fraction of sp³-hybridized carbons (Fsp3) is 0.200. The van der Waals surface area contributed by atoms with Gasteiger partial charge in [-0.25, -0.2) is 4.98 Å². The average molecular weight is 271 g/mol. The molecule has 2 rings (SSSR count). The highest BCUT2D eigenvalue weighted by Crippen LogP contribution is 2.11. The number of anilines is 1. The van der Waals surface area contributed by atoms with Gasteiger partial charge in [0.2, 0.25) is 5.91 Å². The van der Waals surface area contributed by atoms with Gasteiger partial charge in [-0.3, -0.25) is 4.79 Å². The number of nitrogens with zero attached hydrogens (tertiary/aromatic N) is 1. The number of carbonyl (C=O) groups is 1. The summed E-state index contributed by atoms with van der Waals surface area (Å²) in [4.78, 5) is 16.0. The van der Waals surface area contributed by atoms with Crippen LogP contribution in [0.5, 0.6) is 5.75 Å². The number of hydrogen-bond acceptors (Lipinski definition) is 4. The first-order valence-corrected chi connectivity index (χ1v) is 6.31. The van der Waals surface area contributed by atoms with E-state index >= 15 is 0 Å². The molecular weight excluding hydrogens is 254 g/mol. The predicted molar refractivity (Wildman–Crippen MR) is 77.4 cm³/mol. The SMILES string of the molecule is Cc1ccc(NC(=O)[C@H](N)Cc2ccc(O)cc2)nc1. The van der Waals surface area contributed by atoms with Crippen LogP contribution in [0.4, 0.5) is 5.82 Å². The molecule has 20 heavy (non-hydrogen) atoms. The molecule has 0 radical (unpaired) electrons. The zero-order valence-corrected chi connectivity index (χ0v) is 11.2. The molecule has 1 atom stereocenters. The summed E-state index contributed by atoms with van der Waals surface area (Å²) in [5.74, 6) is 0.395. The Morgan fingerprint density at radius 1 is 1.30 bits per heavy atom. The minimum absolute atomic E-state index is 0.190. The van der Waals surface area contributed by atoms with E-state index < -0.39 is 6.04 Å². The number of nitrogens with one attached hydrogen (secondary N) is 1. The van der Waals surface area contributed by atoms with Crippen LogP contribution < -0.4 is 11.1 Å². The molecule has 0 unspecified atom stereocenters. The van der Waals surface area contributed by atoms with E-state index in [-0.39, 0.29) is 11.7 Å². The van der Waals surface area contributed by atoms with Gasteiger partial charge in [0, 0.05) is 6.20 Å². The van der Waals surface area contributed by atoms with Crippen LogP contribution in [0.3, 0.4) is 0 Å². The third-order valence-electron chi connectivity index (χ3n) is 2.89. The molecule has 0 saturated carbocycles. The van der Waals surface area contributed by atoms with Crippen LogP contribution in [0, 0.1) is 6.92 Å². The molecule has 0 saturated heterocycles. The molecule has 0 aliphatic heterocycles. The second-order valence-corrected chi connectivity index (χ2v) is 4.69. The second kappa shape index (κ2) is 6.16. The summed E-state index contributed by atoms with van der Waals surface area (Å²) < 4.78 is 0. The number of benzene rings is 1. The molecular formula is C15H17N3O2.